The van der Waals surface area contributed by atoms with E-state index in [1.807, 2.05) is 31.2 Å². The summed E-state index contributed by atoms with van der Waals surface area (Å²) in [5, 5.41) is 3.78. The van der Waals surface area contributed by atoms with Crippen LogP contribution in [0.5, 0.6) is 17.2 Å². The summed E-state index contributed by atoms with van der Waals surface area (Å²) in [7, 11) is 1.61. The molecule has 0 bridgehead atoms. The Morgan fingerprint density at radius 2 is 1.83 bits per heavy atom. The molecule has 0 radical (unpaired) electrons. The van der Waals surface area contributed by atoms with Crippen molar-refractivity contribution < 1.29 is 19.1 Å². The second-order valence-electron chi connectivity index (χ2n) is 8.60. The van der Waals surface area contributed by atoms with Crippen molar-refractivity contribution in [2.45, 2.75) is 19.9 Å². The van der Waals surface area contributed by atoms with Crippen molar-refractivity contribution in [1.29, 1.82) is 0 Å². The average Bonchev–Trinajstić information content (AvgIpc) is 2.87. The van der Waals surface area contributed by atoms with Crippen molar-refractivity contribution in [2.75, 3.05) is 20.2 Å². The molecule has 1 saturated heterocycles. The zero-order valence-corrected chi connectivity index (χ0v) is 20.2. The van der Waals surface area contributed by atoms with E-state index in [1.54, 1.807) is 54.7 Å². The smallest absolute Gasteiger partial charge is 0.272 e. The predicted molar refractivity (Wildman–Crippen MR) is 135 cm³/mol. The van der Waals surface area contributed by atoms with Gasteiger partial charge in [-0.1, -0.05) is 6.07 Å². The Morgan fingerprint density at radius 3 is 2.61 bits per heavy atom. The minimum atomic E-state index is -0.227. The first kappa shape index (κ1) is 23.3. The summed E-state index contributed by atoms with van der Waals surface area (Å²) in [5.74, 6) is 1.64. The van der Waals surface area contributed by atoms with E-state index in [0.29, 0.717) is 28.5 Å². The van der Waals surface area contributed by atoms with Crippen molar-refractivity contribution in [3.8, 4) is 17.2 Å². The molecule has 0 saturated carbocycles. The van der Waals surface area contributed by atoms with Crippen LogP contribution in [-0.4, -0.2) is 46.9 Å². The van der Waals surface area contributed by atoms with Crippen LogP contribution in [0.3, 0.4) is 0 Å². The third-order valence-electron chi connectivity index (χ3n) is 6.30. The lowest BCUT2D eigenvalue weighted by Crippen LogP contribution is -2.42. The fourth-order valence-corrected chi connectivity index (χ4v) is 4.07. The van der Waals surface area contributed by atoms with Crippen LogP contribution in [0.2, 0.25) is 0 Å². The molecule has 4 aromatic rings. The number of nitrogens with zero attached hydrogens (tertiary/aromatic N) is 3. The number of hydrogen-bond donors (Lipinski definition) is 1. The molecule has 182 valence electrons. The van der Waals surface area contributed by atoms with Crippen LogP contribution in [-0.2, 0) is 6.54 Å². The van der Waals surface area contributed by atoms with Gasteiger partial charge in [-0.25, -0.2) is 0 Å². The zero-order chi connectivity index (χ0) is 25.1. The fraction of sp³-hybridized carbons (Fsp3) is 0.214. The highest BCUT2D eigenvalue weighted by Gasteiger charge is 2.22. The van der Waals surface area contributed by atoms with E-state index in [4.69, 9.17) is 9.47 Å². The van der Waals surface area contributed by atoms with Crippen molar-refractivity contribution in [3.05, 3.63) is 89.4 Å². The Balaban J connectivity index is 1.31. The lowest BCUT2D eigenvalue weighted by Gasteiger charge is -2.30. The van der Waals surface area contributed by atoms with Gasteiger partial charge >= 0.3 is 0 Å². The summed E-state index contributed by atoms with van der Waals surface area (Å²) >= 11 is 0. The molecule has 0 aliphatic carbocycles. The van der Waals surface area contributed by atoms with E-state index in [0.717, 1.165) is 41.5 Å². The number of nitrogens with one attached hydrogen (secondary N) is 1. The molecule has 5 rings (SSSR count). The Hall–Kier alpha value is -4.46. The van der Waals surface area contributed by atoms with E-state index in [1.165, 1.54) is 0 Å². The molecule has 8 nitrogen and oxygen atoms in total. The molecular formula is C28H26N4O4. The van der Waals surface area contributed by atoms with Crippen LogP contribution in [0.15, 0.2) is 67.0 Å². The average molecular weight is 483 g/mol. The molecule has 0 unspecified atom stereocenters. The fourth-order valence-electron chi connectivity index (χ4n) is 4.07. The van der Waals surface area contributed by atoms with Crippen LogP contribution in [0.1, 0.15) is 38.4 Å². The highest BCUT2D eigenvalue weighted by atomic mass is 16.5. The molecule has 1 aliphatic heterocycles. The minimum absolute atomic E-state index is 0.0720. The lowest BCUT2D eigenvalue weighted by atomic mass is 10.1. The van der Waals surface area contributed by atoms with E-state index in [2.05, 4.69) is 15.3 Å². The van der Waals surface area contributed by atoms with Gasteiger partial charge in [-0.05, 0) is 61.4 Å². The Bertz CT molecular complexity index is 1450. The van der Waals surface area contributed by atoms with E-state index < -0.39 is 0 Å². The lowest BCUT2D eigenvalue weighted by molar-refractivity contribution is 0.0645. The molecule has 36 heavy (non-hydrogen) atoms. The number of carbonyl (C=O) groups excluding carboxylic acids is 2. The van der Waals surface area contributed by atoms with Gasteiger partial charge in [0, 0.05) is 54.6 Å². The maximum Gasteiger partial charge on any atom is 0.272 e. The summed E-state index contributed by atoms with van der Waals surface area (Å²) in [5.41, 5.74) is 3.19. The Labute approximate surface area is 208 Å². The summed E-state index contributed by atoms with van der Waals surface area (Å²) < 4.78 is 11.5. The van der Waals surface area contributed by atoms with Gasteiger partial charge in [-0.2, -0.15) is 0 Å². The summed E-state index contributed by atoms with van der Waals surface area (Å²) in [6.45, 7) is 3.67. The van der Waals surface area contributed by atoms with E-state index in [-0.39, 0.29) is 18.4 Å². The number of ether oxygens (including phenoxy) is 2. The van der Waals surface area contributed by atoms with Gasteiger partial charge in [0.05, 0.1) is 12.6 Å². The summed E-state index contributed by atoms with van der Waals surface area (Å²) in [6.07, 6.45) is 4.30. The number of carbonyl (C=O) groups is 2. The second-order valence-corrected chi connectivity index (χ2v) is 8.60. The second kappa shape index (κ2) is 10.0. The molecule has 3 heterocycles. The van der Waals surface area contributed by atoms with Gasteiger partial charge < -0.3 is 19.7 Å². The van der Waals surface area contributed by atoms with Crippen molar-refractivity contribution >= 4 is 22.7 Å². The molecule has 0 atom stereocenters. The topological polar surface area (TPSA) is 93.7 Å². The summed E-state index contributed by atoms with van der Waals surface area (Å²) in [4.78, 5) is 35.8. The number of benzene rings is 2. The molecule has 1 aliphatic rings. The number of pyridine rings is 2. The van der Waals surface area contributed by atoms with Gasteiger partial charge in [-0.15, -0.1) is 0 Å². The van der Waals surface area contributed by atoms with Crippen LogP contribution in [0, 0.1) is 6.92 Å². The third kappa shape index (κ3) is 4.70. The number of fused-ring (bicyclic) bond motifs is 1. The monoisotopic (exact) mass is 482 g/mol. The number of hydrogen-bond acceptors (Lipinski definition) is 6. The first-order chi connectivity index (χ1) is 17.5. The highest BCUT2D eigenvalue weighted by molar-refractivity contribution is 5.96. The molecule has 1 N–H and O–H groups in total. The first-order valence-corrected chi connectivity index (χ1v) is 11.8. The number of amides is 2. The van der Waals surface area contributed by atoms with Crippen LogP contribution in [0.25, 0.3) is 10.9 Å². The van der Waals surface area contributed by atoms with E-state index >= 15 is 0 Å². The molecule has 8 heteroatoms. The van der Waals surface area contributed by atoms with E-state index in [9.17, 15) is 9.59 Å². The van der Waals surface area contributed by atoms with Crippen molar-refractivity contribution in [1.82, 2.24) is 20.2 Å². The molecule has 1 fully saturated rings. The Kier molecular flexibility index (Phi) is 6.49. The molecule has 0 spiro atoms. The molecule has 2 aromatic heterocycles. The first-order valence-electron chi connectivity index (χ1n) is 11.8. The van der Waals surface area contributed by atoms with Gasteiger partial charge in [-0.3, -0.25) is 19.6 Å². The SMILES string of the molecule is COc1ccc2c(Oc3cccc(C(=O)NCc4ccnc(C(=O)N5CCC5)c4)c3C)ccnc2c1. The highest BCUT2D eigenvalue weighted by Crippen LogP contribution is 2.33. The largest absolute Gasteiger partial charge is 0.497 e. The maximum absolute atomic E-state index is 13.0. The number of likely N-dealkylation sites (tertiary alicyclic amines) is 1. The quantitative estimate of drug-likeness (QED) is 0.416. The van der Waals surface area contributed by atoms with Crippen LogP contribution in [0.4, 0.5) is 0 Å². The third-order valence-corrected chi connectivity index (χ3v) is 6.30. The molecule has 2 aromatic carbocycles. The van der Waals surface area contributed by atoms with Crippen LogP contribution >= 0.6 is 0 Å². The number of rotatable bonds is 7. The van der Waals surface area contributed by atoms with Crippen LogP contribution < -0.4 is 14.8 Å². The van der Waals surface area contributed by atoms with Crippen molar-refractivity contribution in [3.63, 3.8) is 0 Å². The Morgan fingerprint density at radius 1 is 1.00 bits per heavy atom. The van der Waals surface area contributed by atoms with Gasteiger partial charge in [0.2, 0.25) is 0 Å². The standard InChI is InChI=1S/C28H26N4O4/c1-18-21(27(33)31-17-19-9-11-30-24(15-19)28(34)32-13-4-14-32)5-3-6-25(18)36-26-10-12-29-23-16-20(35-2)7-8-22(23)26/h3,5-12,15-16H,4,13-14,17H2,1-2H3,(H,31,33). The maximum atomic E-state index is 13.0. The summed E-state index contributed by atoms with van der Waals surface area (Å²) in [6, 6.07) is 16.3. The van der Waals surface area contributed by atoms with Crippen molar-refractivity contribution in [2.24, 2.45) is 0 Å². The number of methoxy groups -OCH3 is 1. The molecule has 2 amide bonds. The normalized spacial score (nSPS) is 12.7. The number of aromatic nitrogens is 2. The van der Waals surface area contributed by atoms with Gasteiger partial charge in [0.1, 0.15) is 22.9 Å². The zero-order valence-electron chi connectivity index (χ0n) is 20.2. The van der Waals surface area contributed by atoms with Gasteiger partial charge in [0.25, 0.3) is 11.8 Å². The van der Waals surface area contributed by atoms with Gasteiger partial charge in [0.15, 0.2) is 0 Å². The predicted octanol–water partition coefficient (Wildman–Crippen LogP) is 4.52. The minimum Gasteiger partial charge on any atom is -0.497 e. The molecular weight excluding hydrogens is 456 g/mol.